The van der Waals surface area contributed by atoms with Gasteiger partial charge >= 0.3 is 18.2 Å². The van der Waals surface area contributed by atoms with Gasteiger partial charge in [-0.1, -0.05) is 30.3 Å². The molecule has 1 atom stereocenters. The zero-order valence-corrected chi connectivity index (χ0v) is 17.0. The van der Waals surface area contributed by atoms with Crippen molar-refractivity contribution < 1.29 is 32.6 Å². The first-order valence-electron chi connectivity index (χ1n) is 10.1. The number of hydrogen-bond acceptors (Lipinski definition) is 3. The van der Waals surface area contributed by atoms with E-state index in [0.717, 1.165) is 17.7 Å². The highest BCUT2D eigenvalue weighted by Crippen LogP contribution is 2.37. The molecule has 1 amide bonds. The van der Waals surface area contributed by atoms with Gasteiger partial charge in [-0.05, 0) is 48.6 Å². The van der Waals surface area contributed by atoms with Crippen molar-refractivity contribution in [2.75, 3.05) is 0 Å². The lowest BCUT2D eigenvalue weighted by Crippen LogP contribution is -2.39. The number of aromatic nitrogens is 1. The molecule has 0 saturated carbocycles. The summed E-state index contributed by atoms with van der Waals surface area (Å²) in [7, 11) is 0. The Labute approximate surface area is 181 Å². The van der Waals surface area contributed by atoms with Crippen molar-refractivity contribution in [2.24, 2.45) is 0 Å². The fourth-order valence-corrected chi connectivity index (χ4v) is 4.20. The van der Waals surface area contributed by atoms with E-state index in [9.17, 15) is 27.9 Å². The number of amides is 1. The number of hydrogen-bond donors (Lipinski definition) is 2. The number of carboxylic acids is 1. The van der Waals surface area contributed by atoms with Gasteiger partial charge in [-0.15, -0.1) is 0 Å². The summed E-state index contributed by atoms with van der Waals surface area (Å²) in [6, 6.07) is 12.2. The molecule has 0 spiro atoms. The number of fused-ring (bicyclic) bond motifs is 3. The summed E-state index contributed by atoms with van der Waals surface area (Å²) in [4.78, 5) is 23.6. The predicted molar refractivity (Wildman–Crippen MR) is 110 cm³/mol. The van der Waals surface area contributed by atoms with Crippen LogP contribution >= 0.6 is 0 Å². The van der Waals surface area contributed by atoms with Gasteiger partial charge in [0.2, 0.25) is 0 Å². The maximum absolute atomic E-state index is 13.3. The lowest BCUT2D eigenvalue weighted by molar-refractivity contribution is -0.138. The zero-order valence-electron chi connectivity index (χ0n) is 17.0. The molecule has 2 N–H and O–H groups in total. The Kier molecular flexibility index (Phi) is 5.82. The fraction of sp³-hybridized carbons (Fsp3) is 0.304. The van der Waals surface area contributed by atoms with Crippen LogP contribution in [0.15, 0.2) is 48.5 Å². The van der Waals surface area contributed by atoms with Crippen LogP contribution in [0.4, 0.5) is 18.0 Å². The van der Waals surface area contributed by atoms with Crippen LogP contribution in [0.25, 0.3) is 10.9 Å². The lowest BCUT2D eigenvalue weighted by Gasteiger charge is -2.24. The SMILES string of the molecule is O=C(O)Cn1c2c(c3cc(C(F)(F)F)ccc31)C[C@H](NC(=O)OCc1ccccc1)CC2. The Morgan fingerprint density at radius 1 is 1.16 bits per heavy atom. The molecule has 4 rings (SSSR count). The second kappa shape index (κ2) is 8.57. The van der Waals surface area contributed by atoms with Gasteiger partial charge in [0, 0.05) is 22.6 Å². The summed E-state index contributed by atoms with van der Waals surface area (Å²) in [5, 5.41) is 12.4. The molecule has 0 fully saturated rings. The van der Waals surface area contributed by atoms with Gasteiger partial charge < -0.3 is 19.7 Å². The standard InChI is InChI=1S/C23H21F3N2O4/c24-23(25,26)15-6-8-19-17(10-15)18-11-16(7-9-20(18)28(19)12-21(29)30)27-22(31)32-13-14-4-2-1-3-5-14/h1-6,8,10,16H,7,9,11-13H2,(H,27,31)(H,29,30)/t16-/m1/s1. The smallest absolute Gasteiger partial charge is 0.416 e. The van der Waals surface area contributed by atoms with Crippen LogP contribution in [0.3, 0.4) is 0 Å². The molecular weight excluding hydrogens is 425 g/mol. The van der Waals surface area contributed by atoms with E-state index < -0.39 is 23.8 Å². The van der Waals surface area contributed by atoms with Gasteiger partial charge in [-0.3, -0.25) is 4.79 Å². The van der Waals surface area contributed by atoms with E-state index in [0.29, 0.717) is 41.4 Å². The molecule has 1 aliphatic rings. The number of ether oxygens (including phenoxy) is 1. The number of rotatable bonds is 5. The highest BCUT2D eigenvalue weighted by atomic mass is 19.4. The first kappa shape index (κ1) is 21.7. The minimum atomic E-state index is -4.51. The number of halogens is 3. The molecule has 1 aliphatic carbocycles. The number of alkyl halides is 3. The average molecular weight is 446 g/mol. The maximum atomic E-state index is 13.3. The van der Waals surface area contributed by atoms with Gasteiger partial charge in [0.25, 0.3) is 0 Å². The molecule has 0 bridgehead atoms. The summed E-state index contributed by atoms with van der Waals surface area (Å²) in [5.74, 6) is -1.07. The van der Waals surface area contributed by atoms with E-state index in [1.807, 2.05) is 30.3 Å². The summed E-state index contributed by atoms with van der Waals surface area (Å²) < 4.78 is 46.6. The Balaban J connectivity index is 1.56. The Hall–Kier alpha value is -3.49. The van der Waals surface area contributed by atoms with Crippen molar-refractivity contribution in [1.82, 2.24) is 9.88 Å². The van der Waals surface area contributed by atoms with Gasteiger partial charge in [0.15, 0.2) is 0 Å². The topological polar surface area (TPSA) is 80.6 Å². The molecule has 0 unspecified atom stereocenters. The van der Waals surface area contributed by atoms with Crippen molar-refractivity contribution >= 4 is 23.0 Å². The number of alkyl carbamates (subject to hydrolysis) is 1. The third kappa shape index (κ3) is 4.56. The number of nitrogens with zero attached hydrogens (tertiary/aromatic N) is 1. The quantitative estimate of drug-likeness (QED) is 0.604. The van der Waals surface area contributed by atoms with E-state index in [4.69, 9.17) is 4.74 Å². The second-order valence-electron chi connectivity index (χ2n) is 7.78. The highest BCUT2D eigenvalue weighted by molar-refractivity contribution is 5.88. The molecule has 0 aliphatic heterocycles. The molecule has 1 aromatic heterocycles. The monoisotopic (exact) mass is 446 g/mol. The van der Waals surface area contributed by atoms with Crippen LogP contribution < -0.4 is 5.32 Å². The highest BCUT2D eigenvalue weighted by Gasteiger charge is 2.33. The van der Waals surface area contributed by atoms with E-state index in [1.165, 1.54) is 6.07 Å². The van der Waals surface area contributed by atoms with E-state index in [-0.39, 0.29) is 19.2 Å². The normalized spacial score (nSPS) is 15.9. The van der Waals surface area contributed by atoms with Gasteiger partial charge in [-0.2, -0.15) is 13.2 Å². The number of carbonyl (C=O) groups excluding carboxylic acids is 1. The van der Waals surface area contributed by atoms with Crippen LogP contribution in [0, 0.1) is 0 Å². The molecule has 0 saturated heterocycles. The molecule has 6 nitrogen and oxygen atoms in total. The van der Waals surface area contributed by atoms with Crippen molar-refractivity contribution in [1.29, 1.82) is 0 Å². The summed E-state index contributed by atoms with van der Waals surface area (Å²) >= 11 is 0. The minimum Gasteiger partial charge on any atom is -0.480 e. The minimum absolute atomic E-state index is 0.109. The summed E-state index contributed by atoms with van der Waals surface area (Å²) in [6.45, 7) is -0.230. The predicted octanol–water partition coefficient (Wildman–Crippen LogP) is 4.53. The Morgan fingerprint density at radius 3 is 2.59 bits per heavy atom. The van der Waals surface area contributed by atoms with Crippen molar-refractivity contribution in [3.05, 3.63) is 70.9 Å². The van der Waals surface area contributed by atoms with Gasteiger partial charge in [-0.25, -0.2) is 4.79 Å². The summed E-state index contributed by atoms with van der Waals surface area (Å²) in [6.07, 6.45) is -3.87. The molecule has 0 radical (unpaired) electrons. The van der Waals surface area contributed by atoms with E-state index in [1.54, 1.807) is 4.57 Å². The van der Waals surface area contributed by atoms with Crippen molar-refractivity contribution in [3.8, 4) is 0 Å². The Bertz CT molecular complexity index is 1160. The third-order valence-electron chi connectivity index (χ3n) is 5.62. The van der Waals surface area contributed by atoms with E-state index >= 15 is 0 Å². The molecule has 1 heterocycles. The maximum Gasteiger partial charge on any atom is 0.416 e. The number of nitrogens with one attached hydrogen (secondary N) is 1. The third-order valence-corrected chi connectivity index (χ3v) is 5.62. The molecule has 168 valence electrons. The second-order valence-corrected chi connectivity index (χ2v) is 7.78. The largest absolute Gasteiger partial charge is 0.480 e. The molecular formula is C23H21F3N2O4. The van der Waals surface area contributed by atoms with Crippen LogP contribution in [-0.2, 0) is 41.7 Å². The Morgan fingerprint density at radius 2 is 1.91 bits per heavy atom. The number of aliphatic carboxylic acids is 1. The first-order valence-corrected chi connectivity index (χ1v) is 10.1. The first-order chi connectivity index (χ1) is 15.2. The van der Waals surface area contributed by atoms with Crippen molar-refractivity contribution in [2.45, 2.75) is 44.6 Å². The molecule has 3 aromatic rings. The van der Waals surface area contributed by atoms with Gasteiger partial charge in [0.1, 0.15) is 13.2 Å². The average Bonchev–Trinajstić information content (AvgIpc) is 3.04. The number of carbonyl (C=O) groups is 2. The van der Waals surface area contributed by atoms with E-state index in [2.05, 4.69) is 5.32 Å². The van der Waals surface area contributed by atoms with Crippen LogP contribution in [0.1, 0.15) is 28.8 Å². The fourth-order valence-electron chi connectivity index (χ4n) is 4.20. The zero-order chi connectivity index (χ0) is 22.9. The number of benzene rings is 2. The molecule has 32 heavy (non-hydrogen) atoms. The van der Waals surface area contributed by atoms with Crippen LogP contribution in [0.5, 0.6) is 0 Å². The lowest BCUT2D eigenvalue weighted by atomic mass is 9.91. The summed E-state index contributed by atoms with van der Waals surface area (Å²) in [5.41, 5.74) is 1.81. The van der Waals surface area contributed by atoms with Crippen LogP contribution in [-0.4, -0.2) is 27.8 Å². The van der Waals surface area contributed by atoms with Crippen LogP contribution in [0.2, 0.25) is 0 Å². The molecule has 2 aromatic carbocycles. The molecule has 9 heteroatoms. The van der Waals surface area contributed by atoms with Gasteiger partial charge in [0.05, 0.1) is 5.56 Å². The van der Waals surface area contributed by atoms with Crippen molar-refractivity contribution in [3.63, 3.8) is 0 Å². The number of carboxylic acid groups (broad SMARTS) is 1.